The highest BCUT2D eigenvalue weighted by atomic mass is 31.2. The fourth-order valence-corrected chi connectivity index (χ4v) is 13.6. The highest BCUT2D eigenvalue weighted by Gasteiger charge is 2.30. The molecule has 0 saturated carbocycles. The van der Waals surface area contributed by atoms with E-state index in [4.69, 9.17) is 37.0 Å². The zero-order chi connectivity index (χ0) is 71.2. The van der Waals surface area contributed by atoms with Crippen molar-refractivity contribution >= 4 is 39.5 Å². The molecule has 0 aliphatic heterocycles. The van der Waals surface area contributed by atoms with E-state index in [1.807, 2.05) is 0 Å². The molecule has 6 atom stereocenters. The summed E-state index contributed by atoms with van der Waals surface area (Å²) in [5, 5.41) is 10.6. The second kappa shape index (κ2) is 71.1. The fourth-order valence-electron chi connectivity index (χ4n) is 12.0. The monoisotopic (exact) mass is 1420 g/mol. The Balaban J connectivity index is 5.18. The van der Waals surface area contributed by atoms with Gasteiger partial charge in [-0.05, 0) is 31.6 Å². The number of phosphoric ester groups is 2. The lowest BCUT2D eigenvalue weighted by Crippen LogP contribution is -2.30. The number of esters is 4. The standard InChI is InChI=1S/C78H152O17P2/c1-6-10-13-16-19-22-25-32-38-42-47-52-57-62-76(81)89-68-74(95-78(83)64-59-54-49-44-39-34-31-29-27-26-28-30-33-37-40-45-50-55-60-71(5)9-4)70-93-97(86,87)91-66-72(79)65-90-96(84,85)92-69-73(94-77(82)63-58-53-48-43-36-24-21-18-15-12-8-3)67-88-75(80)61-56-51-46-41-35-23-20-17-14-11-7-2/h71-74,79H,6-70H2,1-5H3,(H,84,85)(H,86,87)/t71?,72-,73+,74+/m0/s1. The van der Waals surface area contributed by atoms with Gasteiger partial charge >= 0.3 is 39.5 Å². The number of rotatable bonds is 78. The SMILES string of the molecule is CCCCCCCCCCCCCCCC(=O)OC[C@H](COP(=O)(O)OC[C@@H](O)COP(=O)(O)OC[C@@H](COC(=O)CCCCCCCCCCCCC)OC(=O)CCCCCCCCCCCCC)OC(=O)CCCCCCCCCCCCCCCCCCCCC(C)CC. The molecule has 0 bridgehead atoms. The lowest BCUT2D eigenvalue weighted by Gasteiger charge is -2.21. The molecule has 0 aliphatic rings. The van der Waals surface area contributed by atoms with Crippen LogP contribution >= 0.6 is 15.6 Å². The van der Waals surface area contributed by atoms with E-state index < -0.39 is 97.5 Å². The Morgan fingerprint density at radius 3 is 0.732 bits per heavy atom. The molecule has 3 N–H and O–H groups in total. The van der Waals surface area contributed by atoms with Crippen LogP contribution in [0.3, 0.4) is 0 Å². The van der Waals surface area contributed by atoms with Crippen LogP contribution in [0.15, 0.2) is 0 Å². The Labute approximate surface area is 594 Å². The van der Waals surface area contributed by atoms with Gasteiger partial charge < -0.3 is 33.8 Å². The molecule has 0 aromatic rings. The van der Waals surface area contributed by atoms with E-state index in [0.717, 1.165) is 95.8 Å². The molecule has 0 fully saturated rings. The van der Waals surface area contributed by atoms with Gasteiger partial charge in [-0.1, -0.05) is 362 Å². The average molecular weight is 1420 g/mol. The first kappa shape index (κ1) is 95.1. The van der Waals surface area contributed by atoms with Crippen LogP contribution in [0, 0.1) is 5.92 Å². The maximum Gasteiger partial charge on any atom is 0.472 e. The molecule has 3 unspecified atom stereocenters. The first-order valence-corrected chi connectivity index (χ1v) is 43.7. The van der Waals surface area contributed by atoms with Crippen molar-refractivity contribution in [3.8, 4) is 0 Å². The molecule has 0 aromatic heterocycles. The van der Waals surface area contributed by atoms with Gasteiger partial charge in [-0.15, -0.1) is 0 Å². The van der Waals surface area contributed by atoms with Crippen LogP contribution in [0.2, 0.25) is 0 Å². The highest BCUT2D eigenvalue weighted by molar-refractivity contribution is 7.47. The van der Waals surface area contributed by atoms with Gasteiger partial charge in [0.05, 0.1) is 26.4 Å². The van der Waals surface area contributed by atoms with Crippen molar-refractivity contribution in [3.05, 3.63) is 0 Å². The minimum absolute atomic E-state index is 0.108. The molecule has 19 heteroatoms. The van der Waals surface area contributed by atoms with Crippen LogP contribution < -0.4 is 0 Å². The fraction of sp³-hybridized carbons (Fsp3) is 0.949. The summed E-state index contributed by atoms with van der Waals surface area (Å²) in [7, 11) is -9.91. The van der Waals surface area contributed by atoms with Crippen LogP contribution in [0.1, 0.15) is 413 Å². The molecule has 17 nitrogen and oxygen atoms in total. The maximum atomic E-state index is 13.1. The van der Waals surface area contributed by atoms with Crippen LogP contribution in [0.5, 0.6) is 0 Å². The zero-order valence-corrected chi connectivity index (χ0v) is 65.0. The van der Waals surface area contributed by atoms with E-state index in [2.05, 4.69) is 34.6 Å². The van der Waals surface area contributed by atoms with E-state index in [-0.39, 0.29) is 25.7 Å². The summed E-state index contributed by atoms with van der Waals surface area (Å²) in [5.74, 6) is -1.24. The van der Waals surface area contributed by atoms with Crippen molar-refractivity contribution in [1.82, 2.24) is 0 Å². The third-order valence-electron chi connectivity index (χ3n) is 18.6. The van der Waals surface area contributed by atoms with Gasteiger partial charge in [-0.2, -0.15) is 0 Å². The number of unbranched alkanes of at least 4 members (excludes halogenated alkanes) is 49. The van der Waals surface area contributed by atoms with Gasteiger partial charge in [0, 0.05) is 25.7 Å². The Kier molecular flexibility index (Phi) is 69.6. The van der Waals surface area contributed by atoms with Crippen LogP contribution in [0.25, 0.3) is 0 Å². The molecule has 97 heavy (non-hydrogen) atoms. The van der Waals surface area contributed by atoms with Gasteiger partial charge in [-0.25, -0.2) is 9.13 Å². The quantitative estimate of drug-likeness (QED) is 0.0222. The number of phosphoric acid groups is 2. The van der Waals surface area contributed by atoms with Crippen molar-refractivity contribution < 1.29 is 80.2 Å². The predicted octanol–water partition coefficient (Wildman–Crippen LogP) is 23.3. The number of carbonyl (C=O) groups excluding carboxylic acids is 4. The smallest absolute Gasteiger partial charge is 0.462 e. The van der Waals surface area contributed by atoms with Crippen molar-refractivity contribution in [2.45, 2.75) is 432 Å². The number of ether oxygens (including phenoxy) is 4. The molecule has 576 valence electrons. The first-order valence-electron chi connectivity index (χ1n) is 40.7. The van der Waals surface area contributed by atoms with Gasteiger partial charge in [0.25, 0.3) is 0 Å². The topological polar surface area (TPSA) is 237 Å². The Bertz CT molecular complexity index is 1860. The molecular weight excluding hydrogens is 1270 g/mol. The largest absolute Gasteiger partial charge is 0.472 e. The molecule has 0 radical (unpaired) electrons. The van der Waals surface area contributed by atoms with Crippen molar-refractivity contribution in [2.75, 3.05) is 39.6 Å². The summed E-state index contributed by atoms with van der Waals surface area (Å²) < 4.78 is 68.6. The number of carbonyl (C=O) groups is 4. The highest BCUT2D eigenvalue weighted by Crippen LogP contribution is 2.45. The lowest BCUT2D eigenvalue weighted by atomic mass is 9.99. The molecule has 0 aliphatic carbocycles. The summed E-state index contributed by atoms with van der Waals surface area (Å²) >= 11 is 0. The van der Waals surface area contributed by atoms with Crippen molar-refractivity contribution in [2.24, 2.45) is 5.92 Å². The van der Waals surface area contributed by atoms with E-state index in [1.165, 1.54) is 238 Å². The number of hydrogen-bond acceptors (Lipinski definition) is 15. The molecule has 0 heterocycles. The number of hydrogen-bond donors (Lipinski definition) is 3. The third-order valence-corrected chi connectivity index (χ3v) is 20.5. The first-order chi connectivity index (χ1) is 47.1. The zero-order valence-electron chi connectivity index (χ0n) is 63.2. The minimum Gasteiger partial charge on any atom is -0.462 e. The lowest BCUT2D eigenvalue weighted by molar-refractivity contribution is -0.161. The van der Waals surface area contributed by atoms with Gasteiger partial charge in [0.15, 0.2) is 12.2 Å². The van der Waals surface area contributed by atoms with E-state index in [0.29, 0.717) is 25.7 Å². The molecule has 0 rings (SSSR count). The minimum atomic E-state index is -4.96. The summed E-state index contributed by atoms with van der Waals surface area (Å²) in [5.41, 5.74) is 0. The summed E-state index contributed by atoms with van der Waals surface area (Å²) in [6, 6.07) is 0. The Morgan fingerprint density at radius 2 is 0.495 bits per heavy atom. The predicted molar refractivity (Wildman–Crippen MR) is 395 cm³/mol. The third kappa shape index (κ3) is 70.9. The van der Waals surface area contributed by atoms with Crippen LogP contribution in [0.4, 0.5) is 0 Å². The summed E-state index contributed by atoms with van der Waals surface area (Å²) in [4.78, 5) is 72.8. The van der Waals surface area contributed by atoms with Gasteiger partial charge in [0.2, 0.25) is 0 Å². The molecule has 0 saturated heterocycles. The molecule has 0 spiro atoms. The van der Waals surface area contributed by atoms with Crippen molar-refractivity contribution in [1.29, 1.82) is 0 Å². The van der Waals surface area contributed by atoms with Gasteiger partial charge in [0.1, 0.15) is 19.3 Å². The molecule has 0 aromatic carbocycles. The van der Waals surface area contributed by atoms with Gasteiger partial charge in [-0.3, -0.25) is 37.3 Å². The van der Waals surface area contributed by atoms with E-state index in [9.17, 15) is 43.2 Å². The Hall–Kier alpha value is -1.94. The number of aliphatic hydroxyl groups excluding tert-OH is 1. The van der Waals surface area contributed by atoms with E-state index >= 15 is 0 Å². The second-order valence-corrected chi connectivity index (χ2v) is 31.3. The Morgan fingerprint density at radius 1 is 0.289 bits per heavy atom. The maximum absolute atomic E-state index is 13.1. The second-order valence-electron chi connectivity index (χ2n) is 28.3. The summed E-state index contributed by atoms with van der Waals surface area (Å²) in [6.45, 7) is 7.37. The summed E-state index contributed by atoms with van der Waals surface area (Å²) in [6.07, 6.45) is 60.9. The normalized spacial score (nSPS) is 14.2. The number of aliphatic hydroxyl groups is 1. The van der Waals surface area contributed by atoms with Crippen LogP contribution in [-0.4, -0.2) is 96.7 Å². The van der Waals surface area contributed by atoms with Crippen LogP contribution in [-0.2, 0) is 65.4 Å². The molecular formula is C78H152O17P2. The molecule has 0 amide bonds. The average Bonchev–Trinajstić information content (AvgIpc) is 1.36. The van der Waals surface area contributed by atoms with E-state index in [1.54, 1.807) is 0 Å². The van der Waals surface area contributed by atoms with Crippen molar-refractivity contribution in [3.63, 3.8) is 0 Å².